The number of hydrogen-bond acceptors (Lipinski definition) is 11. The third-order valence-electron chi connectivity index (χ3n) is 7.32. The van der Waals surface area contributed by atoms with Gasteiger partial charge in [-0.2, -0.15) is 4.98 Å². The number of piperazine rings is 1. The van der Waals surface area contributed by atoms with Crippen LogP contribution in [0.4, 0.5) is 28.8 Å². The zero-order chi connectivity index (χ0) is 28.3. The summed E-state index contributed by atoms with van der Waals surface area (Å²) >= 11 is 8.32. The Morgan fingerprint density at radius 1 is 1.07 bits per heavy atom. The van der Waals surface area contributed by atoms with Crippen LogP contribution < -0.4 is 25.2 Å². The standard InChI is InChI=1S/C28H30ClN9O2S/c1-36-8-10-37(11-9-36)23-14-24(40-2)22(13-21(23)33-27(39)20-3-6-30-17-32-20)34-28-31-15-19(29)26(35-28)38-7-4-18-5-12-41-25(18)16-38/h3,5-6,12-15,17H,4,7-11,16H2,1-2H3,(H,33,39)(H,31,34,35). The lowest BCUT2D eigenvalue weighted by molar-refractivity contribution is 0.102. The Bertz CT molecular complexity index is 1540. The SMILES string of the molecule is COc1cc(N2CCN(C)CC2)c(NC(=O)c2ccncn2)cc1Nc1ncc(Cl)c(N2CCc3ccsc3C2)n1. The van der Waals surface area contributed by atoms with Crippen molar-refractivity contribution in [2.75, 3.05) is 67.3 Å². The van der Waals surface area contributed by atoms with Crippen molar-refractivity contribution >= 4 is 57.7 Å². The minimum Gasteiger partial charge on any atom is -0.494 e. The maximum absolute atomic E-state index is 13.1. The number of benzene rings is 1. The predicted molar refractivity (Wildman–Crippen MR) is 162 cm³/mol. The highest BCUT2D eigenvalue weighted by Crippen LogP contribution is 2.39. The fourth-order valence-corrected chi connectivity index (χ4v) is 6.19. The van der Waals surface area contributed by atoms with E-state index in [0.717, 1.165) is 51.4 Å². The molecule has 0 spiro atoms. The van der Waals surface area contributed by atoms with Crippen LogP contribution in [0, 0.1) is 0 Å². The molecule has 41 heavy (non-hydrogen) atoms. The highest BCUT2D eigenvalue weighted by molar-refractivity contribution is 7.10. The number of amides is 1. The van der Waals surface area contributed by atoms with Gasteiger partial charge in [-0.1, -0.05) is 11.6 Å². The molecular formula is C28H30ClN9O2S. The van der Waals surface area contributed by atoms with E-state index in [0.29, 0.717) is 33.9 Å². The Morgan fingerprint density at radius 2 is 1.93 bits per heavy atom. The average molecular weight is 592 g/mol. The van der Waals surface area contributed by atoms with Gasteiger partial charge in [0.2, 0.25) is 5.95 Å². The first kappa shape index (κ1) is 27.2. The monoisotopic (exact) mass is 591 g/mol. The molecule has 6 rings (SSSR count). The summed E-state index contributed by atoms with van der Waals surface area (Å²) < 4.78 is 5.79. The van der Waals surface area contributed by atoms with Crippen molar-refractivity contribution in [3.8, 4) is 5.75 Å². The van der Waals surface area contributed by atoms with Gasteiger partial charge in [0.1, 0.15) is 22.8 Å². The van der Waals surface area contributed by atoms with E-state index in [1.54, 1.807) is 36.9 Å². The molecule has 2 aliphatic heterocycles. The highest BCUT2D eigenvalue weighted by Gasteiger charge is 2.24. The third-order valence-corrected chi connectivity index (χ3v) is 8.53. The van der Waals surface area contributed by atoms with E-state index in [-0.39, 0.29) is 11.6 Å². The number of rotatable bonds is 7. The molecule has 4 aromatic rings. The number of thiophene rings is 1. The summed E-state index contributed by atoms with van der Waals surface area (Å²) in [6, 6.07) is 7.55. The molecule has 1 aromatic carbocycles. The maximum Gasteiger partial charge on any atom is 0.274 e. The average Bonchev–Trinajstić information content (AvgIpc) is 3.47. The summed E-state index contributed by atoms with van der Waals surface area (Å²) in [5.41, 5.74) is 3.75. The van der Waals surface area contributed by atoms with E-state index in [9.17, 15) is 4.79 Å². The summed E-state index contributed by atoms with van der Waals surface area (Å²) in [4.78, 5) is 38.4. The van der Waals surface area contributed by atoms with Crippen LogP contribution in [0.25, 0.3) is 0 Å². The predicted octanol–water partition coefficient (Wildman–Crippen LogP) is 4.30. The van der Waals surface area contributed by atoms with E-state index in [2.05, 4.69) is 58.8 Å². The molecule has 1 amide bonds. The smallest absolute Gasteiger partial charge is 0.274 e. The lowest BCUT2D eigenvalue weighted by atomic mass is 10.1. The molecule has 1 fully saturated rings. The van der Waals surface area contributed by atoms with Gasteiger partial charge in [0.25, 0.3) is 5.91 Å². The molecule has 0 unspecified atom stereocenters. The molecule has 0 atom stereocenters. The summed E-state index contributed by atoms with van der Waals surface area (Å²) in [6.07, 6.45) is 5.45. The lowest BCUT2D eigenvalue weighted by Crippen LogP contribution is -2.44. The number of hydrogen-bond donors (Lipinski definition) is 2. The Morgan fingerprint density at radius 3 is 2.71 bits per heavy atom. The van der Waals surface area contributed by atoms with Gasteiger partial charge in [0, 0.05) is 49.9 Å². The fourth-order valence-electron chi connectivity index (χ4n) is 5.03. The minimum atomic E-state index is -0.332. The summed E-state index contributed by atoms with van der Waals surface area (Å²) in [5.74, 6) is 1.32. The number of methoxy groups -OCH3 is 1. The third kappa shape index (κ3) is 5.90. The van der Waals surface area contributed by atoms with E-state index >= 15 is 0 Å². The molecule has 0 saturated carbocycles. The first-order chi connectivity index (χ1) is 20.0. The van der Waals surface area contributed by atoms with Crippen LogP contribution in [0.2, 0.25) is 5.02 Å². The first-order valence-corrected chi connectivity index (χ1v) is 14.6. The largest absolute Gasteiger partial charge is 0.494 e. The van der Waals surface area contributed by atoms with Crippen molar-refractivity contribution in [2.24, 2.45) is 0 Å². The topological polar surface area (TPSA) is 112 Å². The Labute approximate surface area is 247 Å². The Kier molecular flexibility index (Phi) is 7.86. The second kappa shape index (κ2) is 11.9. The van der Waals surface area contributed by atoms with Crippen molar-refractivity contribution in [1.82, 2.24) is 24.8 Å². The summed E-state index contributed by atoms with van der Waals surface area (Å²) in [7, 11) is 3.72. The number of nitrogens with zero attached hydrogens (tertiary/aromatic N) is 7. The van der Waals surface area contributed by atoms with Gasteiger partial charge in [-0.3, -0.25) is 4.79 Å². The number of fused-ring (bicyclic) bond motifs is 1. The van der Waals surface area contributed by atoms with Gasteiger partial charge >= 0.3 is 0 Å². The summed E-state index contributed by atoms with van der Waals surface area (Å²) in [5, 5.41) is 8.96. The number of carbonyl (C=O) groups is 1. The zero-order valence-electron chi connectivity index (χ0n) is 22.8. The van der Waals surface area contributed by atoms with Crippen molar-refractivity contribution < 1.29 is 9.53 Å². The van der Waals surface area contributed by atoms with Crippen LogP contribution >= 0.6 is 22.9 Å². The number of carbonyl (C=O) groups excluding carboxylic acids is 1. The number of nitrogens with one attached hydrogen (secondary N) is 2. The van der Waals surface area contributed by atoms with Crippen molar-refractivity contribution in [2.45, 2.75) is 13.0 Å². The highest BCUT2D eigenvalue weighted by atomic mass is 35.5. The molecule has 11 nitrogen and oxygen atoms in total. The van der Waals surface area contributed by atoms with Crippen molar-refractivity contribution in [3.63, 3.8) is 0 Å². The van der Waals surface area contributed by atoms with Crippen LogP contribution in [-0.4, -0.2) is 77.6 Å². The first-order valence-electron chi connectivity index (χ1n) is 13.3. The number of halogens is 1. The molecular weight excluding hydrogens is 562 g/mol. The van der Waals surface area contributed by atoms with Gasteiger partial charge in [0.05, 0.1) is 36.9 Å². The minimum absolute atomic E-state index is 0.274. The molecule has 1 saturated heterocycles. The normalized spacial score (nSPS) is 15.4. The van der Waals surface area contributed by atoms with Crippen LogP contribution in [0.15, 0.2) is 48.4 Å². The second-order valence-corrected chi connectivity index (χ2v) is 11.3. The van der Waals surface area contributed by atoms with Gasteiger partial charge in [-0.15, -0.1) is 11.3 Å². The Balaban J connectivity index is 1.32. The van der Waals surface area contributed by atoms with Gasteiger partial charge in [0.15, 0.2) is 5.82 Å². The number of likely N-dealkylation sites (N-methyl/N-ethyl adjacent to an activating group) is 1. The van der Waals surface area contributed by atoms with Crippen LogP contribution in [0.5, 0.6) is 5.75 Å². The van der Waals surface area contributed by atoms with Gasteiger partial charge < -0.3 is 30.1 Å². The van der Waals surface area contributed by atoms with Gasteiger partial charge in [-0.05, 0) is 42.6 Å². The molecule has 0 radical (unpaired) electrons. The molecule has 212 valence electrons. The molecule has 0 bridgehead atoms. The number of anilines is 5. The Hall–Kier alpha value is -4.00. The molecule has 0 aliphatic carbocycles. The molecule has 2 aliphatic rings. The zero-order valence-corrected chi connectivity index (χ0v) is 24.4. The van der Waals surface area contributed by atoms with Crippen molar-refractivity contribution in [3.05, 3.63) is 69.5 Å². The molecule has 3 aromatic heterocycles. The maximum atomic E-state index is 13.1. The molecule has 2 N–H and O–H groups in total. The van der Waals surface area contributed by atoms with Crippen molar-refractivity contribution in [1.29, 1.82) is 0 Å². The van der Waals surface area contributed by atoms with E-state index in [4.69, 9.17) is 21.3 Å². The molecule has 13 heteroatoms. The lowest BCUT2D eigenvalue weighted by Gasteiger charge is -2.35. The summed E-state index contributed by atoms with van der Waals surface area (Å²) in [6.45, 7) is 5.02. The van der Waals surface area contributed by atoms with Gasteiger partial charge in [-0.25, -0.2) is 15.0 Å². The van der Waals surface area contributed by atoms with E-state index in [1.165, 1.54) is 16.8 Å². The number of aromatic nitrogens is 4. The van der Waals surface area contributed by atoms with Crippen LogP contribution in [0.3, 0.4) is 0 Å². The van der Waals surface area contributed by atoms with E-state index in [1.807, 2.05) is 12.1 Å². The molecule has 5 heterocycles. The second-order valence-electron chi connectivity index (χ2n) is 9.94. The van der Waals surface area contributed by atoms with Crippen LogP contribution in [-0.2, 0) is 13.0 Å². The van der Waals surface area contributed by atoms with Crippen LogP contribution in [0.1, 0.15) is 20.9 Å². The fraction of sp³-hybridized carbons (Fsp3) is 0.321. The van der Waals surface area contributed by atoms with E-state index < -0.39 is 0 Å². The number of ether oxygens (including phenoxy) is 1. The quantitative estimate of drug-likeness (QED) is 0.323.